The molecule has 0 saturated carbocycles. The van der Waals surface area contributed by atoms with Gasteiger partial charge in [0.1, 0.15) is 5.76 Å². The van der Waals surface area contributed by atoms with Crippen molar-refractivity contribution in [1.29, 1.82) is 0 Å². The lowest BCUT2D eigenvalue weighted by Crippen LogP contribution is -2.47. The SMILES string of the molecule is CC(C)(C)c1cnc(CN2CCN(C[C@H](O)c3ccccc3)CC2)o1. The quantitative estimate of drug-likeness (QED) is 0.905. The third-order valence-corrected chi connectivity index (χ3v) is 4.73. The smallest absolute Gasteiger partial charge is 0.208 e. The van der Waals surface area contributed by atoms with Crippen LogP contribution in [0.15, 0.2) is 40.9 Å². The fourth-order valence-corrected chi connectivity index (χ4v) is 3.08. The molecule has 0 amide bonds. The second-order valence-electron chi connectivity index (χ2n) is 7.87. The van der Waals surface area contributed by atoms with Crippen LogP contribution in [0.4, 0.5) is 0 Å². The summed E-state index contributed by atoms with van der Waals surface area (Å²) in [5.74, 6) is 1.73. The van der Waals surface area contributed by atoms with Gasteiger partial charge < -0.3 is 9.52 Å². The fraction of sp³-hybridized carbons (Fsp3) is 0.550. The summed E-state index contributed by atoms with van der Waals surface area (Å²) in [6, 6.07) is 9.88. The largest absolute Gasteiger partial charge is 0.444 e. The zero-order chi connectivity index (χ0) is 17.9. The van der Waals surface area contributed by atoms with Gasteiger partial charge in [0.25, 0.3) is 0 Å². The molecule has 0 aliphatic carbocycles. The van der Waals surface area contributed by atoms with E-state index in [9.17, 15) is 5.11 Å². The van der Waals surface area contributed by atoms with Gasteiger partial charge in [0.2, 0.25) is 5.89 Å². The first kappa shape index (κ1) is 18.1. The number of benzene rings is 1. The Morgan fingerprint density at radius 1 is 1.08 bits per heavy atom. The third-order valence-electron chi connectivity index (χ3n) is 4.73. The number of β-amino-alcohol motifs (C(OH)–C–C–N with tert-alkyl or cyclic N) is 1. The lowest BCUT2D eigenvalue weighted by atomic mass is 9.94. The van der Waals surface area contributed by atoms with E-state index in [4.69, 9.17) is 4.42 Å². The minimum absolute atomic E-state index is 0.00246. The highest BCUT2D eigenvalue weighted by Gasteiger charge is 2.23. The van der Waals surface area contributed by atoms with E-state index in [1.165, 1.54) is 0 Å². The molecule has 3 rings (SSSR count). The van der Waals surface area contributed by atoms with Crippen molar-refractivity contribution in [2.75, 3.05) is 32.7 Å². The van der Waals surface area contributed by atoms with E-state index in [-0.39, 0.29) is 5.41 Å². The van der Waals surface area contributed by atoms with Crippen molar-refractivity contribution >= 4 is 0 Å². The molecule has 1 atom stereocenters. The van der Waals surface area contributed by atoms with E-state index in [1.54, 1.807) is 0 Å². The predicted octanol–water partition coefficient (Wildman–Crippen LogP) is 2.82. The van der Waals surface area contributed by atoms with Gasteiger partial charge in [-0.3, -0.25) is 9.80 Å². The molecule has 1 aromatic heterocycles. The number of nitrogens with zero attached hydrogens (tertiary/aromatic N) is 3. The summed E-state index contributed by atoms with van der Waals surface area (Å²) < 4.78 is 5.89. The Bertz CT molecular complexity index is 655. The van der Waals surface area contributed by atoms with Crippen molar-refractivity contribution in [2.24, 2.45) is 0 Å². The van der Waals surface area contributed by atoms with Crippen molar-refractivity contribution in [3.8, 4) is 0 Å². The Hall–Kier alpha value is -1.69. The molecule has 136 valence electrons. The van der Waals surface area contributed by atoms with E-state index in [0.29, 0.717) is 6.54 Å². The number of aliphatic hydroxyl groups excluding tert-OH is 1. The molecule has 0 radical (unpaired) electrons. The molecule has 5 heteroatoms. The van der Waals surface area contributed by atoms with Gasteiger partial charge in [-0.1, -0.05) is 51.1 Å². The number of hydrogen-bond acceptors (Lipinski definition) is 5. The van der Waals surface area contributed by atoms with Crippen LogP contribution in [-0.4, -0.2) is 52.6 Å². The monoisotopic (exact) mass is 343 g/mol. The molecule has 1 N–H and O–H groups in total. The maximum Gasteiger partial charge on any atom is 0.208 e. The molecule has 0 spiro atoms. The Morgan fingerprint density at radius 3 is 2.32 bits per heavy atom. The van der Waals surface area contributed by atoms with Crippen LogP contribution in [0.1, 0.15) is 44.1 Å². The maximum atomic E-state index is 10.4. The lowest BCUT2D eigenvalue weighted by molar-refractivity contribution is 0.0669. The highest BCUT2D eigenvalue weighted by atomic mass is 16.4. The Labute approximate surface area is 150 Å². The minimum Gasteiger partial charge on any atom is -0.444 e. The van der Waals surface area contributed by atoms with Crippen molar-refractivity contribution in [1.82, 2.24) is 14.8 Å². The van der Waals surface area contributed by atoms with Crippen LogP contribution in [0.25, 0.3) is 0 Å². The average Bonchev–Trinajstić information content (AvgIpc) is 3.06. The summed E-state index contributed by atoms with van der Waals surface area (Å²) in [6.07, 6.45) is 1.43. The fourth-order valence-electron chi connectivity index (χ4n) is 3.08. The van der Waals surface area contributed by atoms with Gasteiger partial charge >= 0.3 is 0 Å². The molecule has 1 fully saturated rings. The number of piperazine rings is 1. The van der Waals surface area contributed by atoms with E-state index < -0.39 is 6.10 Å². The number of aromatic nitrogens is 1. The molecule has 25 heavy (non-hydrogen) atoms. The van der Waals surface area contributed by atoms with Crippen LogP contribution < -0.4 is 0 Å². The molecule has 1 aliphatic rings. The second-order valence-corrected chi connectivity index (χ2v) is 7.87. The molecular formula is C20H29N3O2. The number of rotatable bonds is 5. The van der Waals surface area contributed by atoms with Gasteiger partial charge in [0.15, 0.2) is 0 Å². The van der Waals surface area contributed by atoms with E-state index >= 15 is 0 Å². The zero-order valence-corrected chi connectivity index (χ0v) is 15.5. The van der Waals surface area contributed by atoms with Crippen molar-refractivity contribution < 1.29 is 9.52 Å². The standard InChI is InChI=1S/C20H29N3O2/c1-20(2,3)18-13-21-19(25-18)15-23-11-9-22(10-12-23)14-17(24)16-7-5-4-6-8-16/h4-8,13,17,24H,9-12,14-15H2,1-3H3/t17-/m0/s1. The van der Waals surface area contributed by atoms with Crippen LogP contribution in [0.2, 0.25) is 0 Å². The summed E-state index contributed by atoms with van der Waals surface area (Å²) in [4.78, 5) is 9.11. The molecular weight excluding hydrogens is 314 g/mol. The summed E-state index contributed by atoms with van der Waals surface area (Å²) in [5, 5.41) is 10.4. The van der Waals surface area contributed by atoms with Gasteiger partial charge in [-0.15, -0.1) is 0 Å². The summed E-state index contributed by atoms with van der Waals surface area (Å²) in [6.45, 7) is 11.7. The molecule has 0 bridgehead atoms. The first-order chi connectivity index (χ1) is 11.9. The normalized spacial score (nSPS) is 18.4. The lowest BCUT2D eigenvalue weighted by Gasteiger charge is -2.35. The number of aliphatic hydroxyl groups is 1. The topological polar surface area (TPSA) is 52.7 Å². The van der Waals surface area contributed by atoms with E-state index in [1.807, 2.05) is 36.5 Å². The predicted molar refractivity (Wildman–Crippen MR) is 98.3 cm³/mol. The van der Waals surface area contributed by atoms with Crippen molar-refractivity contribution in [2.45, 2.75) is 38.8 Å². The molecule has 2 aromatic rings. The second kappa shape index (κ2) is 7.68. The highest BCUT2D eigenvalue weighted by Crippen LogP contribution is 2.23. The van der Waals surface area contributed by atoms with Crippen molar-refractivity contribution in [3.05, 3.63) is 53.7 Å². The maximum absolute atomic E-state index is 10.4. The molecule has 1 saturated heterocycles. The Balaban J connectivity index is 1.46. The van der Waals surface area contributed by atoms with Crippen LogP contribution in [0.5, 0.6) is 0 Å². The summed E-state index contributed by atoms with van der Waals surface area (Å²) in [7, 11) is 0. The van der Waals surface area contributed by atoms with Crippen LogP contribution >= 0.6 is 0 Å². The first-order valence-corrected chi connectivity index (χ1v) is 9.05. The average molecular weight is 343 g/mol. The Morgan fingerprint density at radius 2 is 1.72 bits per heavy atom. The van der Waals surface area contributed by atoms with E-state index in [0.717, 1.165) is 49.9 Å². The third kappa shape index (κ3) is 4.91. The first-order valence-electron chi connectivity index (χ1n) is 9.05. The van der Waals surface area contributed by atoms with Crippen molar-refractivity contribution in [3.63, 3.8) is 0 Å². The Kier molecular flexibility index (Phi) is 5.57. The zero-order valence-electron chi connectivity index (χ0n) is 15.5. The van der Waals surface area contributed by atoms with Gasteiger partial charge in [-0.2, -0.15) is 0 Å². The number of oxazole rings is 1. The molecule has 0 unspecified atom stereocenters. The van der Waals surface area contributed by atoms with Crippen LogP contribution in [0, 0.1) is 0 Å². The van der Waals surface area contributed by atoms with Gasteiger partial charge in [-0.25, -0.2) is 4.98 Å². The van der Waals surface area contributed by atoms with Crippen LogP contribution in [0.3, 0.4) is 0 Å². The summed E-state index contributed by atoms with van der Waals surface area (Å²) >= 11 is 0. The highest BCUT2D eigenvalue weighted by molar-refractivity contribution is 5.17. The molecule has 1 aliphatic heterocycles. The minimum atomic E-state index is -0.422. The molecule has 5 nitrogen and oxygen atoms in total. The summed E-state index contributed by atoms with van der Waals surface area (Å²) in [5.41, 5.74) is 0.983. The van der Waals surface area contributed by atoms with Crippen LogP contribution in [-0.2, 0) is 12.0 Å². The molecule has 2 heterocycles. The van der Waals surface area contributed by atoms with E-state index in [2.05, 4.69) is 35.6 Å². The molecule has 1 aromatic carbocycles. The van der Waals surface area contributed by atoms with Gasteiger partial charge in [-0.05, 0) is 5.56 Å². The number of hydrogen-bond donors (Lipinski definition) is 1. The van der Waals surface area contributed by atoms with Gasteiger partial charge in [0, 0.05) is 38.1 Å². The van der Waals surface area contributed by atoms with Gasteiger partial charge in [0.05, 0.1) is 18.8 Å².